The van der Waals surface area contributed by atoms with Crippen LogP contribution in [0.5, 0.6) is 11.5 Å². The Kier molecular flexibility index (Phi) is 11.7. The lowest BCUT2D eigenvalue weighted by atomic mass is 10.1. The topological polar surface area (TPSA) is 85.3 Å². The largest absolute Gasteiger partial charge is 0.493 e. The molecule has 7 nitrogen and oxygen atoms in total. The monoisotopic (exact) mass is 622 g/mol. The molecule has 0 bridgehead atoms. The van der Waals surface area contributed by atoms with Crippen LogP contribution in [-0.4, -0.2) is 44.7 Å². The lowest BCUT2D eigenvalue weighted by Crippen LogP contribution is -2.29. The maximum atomic E-state index is 13.0. The number of carbonyl (C=O) groups excluding carboxylic acids is 1. The Hall–Kier alpha value is -2.30. The standard InChI is InChI=1S/C28H35BrN2O5S2/c1-4-6-7-8-9-10-11-18-36-24-17-12-21(19-25(24)35-3)20-26-27(32)31(5-2)28(37-26)30-38(33,34)23-15-13-22(29)14-16-23/h12-17,19-20H,4-11,18H2,1-3H3/b26-20-,30-28+. The third kappa shape index (κ3) is 8.35. The number of rotatable bonds is 14. The number of benzene rings is 2. The summed E-state index contributed by atoms with van der Waals surface area (Å²) in [5.41, 5.74) is 0.744. The minimum absolute atomic E-state index is 0.0616. The second kappa shape index (κ2) is 14.7. The summed E-state index contributed by atoms with van der Waals surface area (Å²) in [6, 6.07) is 11.7. The number of sulfonamides is 1. The number of carbonyl (C=O) groups is 1. The Bertz CT molecular complexity index is 1260. The van der Waals surface area contributed by atoms with Gasteiger partial charge < -0.3 is 9.47 Å². The number of ether oxygens (including phenoxy) is 2. The van der Waals surface area contributed by atoms with Gasteiger partial charge in [0.25, 0.3) is 15.9 Å². The number of amidine groups is 1. The van der Waals surface area contributed by atoms with Crippen molar-refractivity contribution in [2.24, 2.45) is 4.40 Å². The van der Waals surface area contributed by atoms with Gasteiger partial charge in [-0.2, -0.15) is 8.42 Å². The molecule has 2 aromatic carbocycles. The van der Waals surface area contributed by atoms with Gasteiger partial charge >= 0.3 is 0 Å². The molecule has 0 N–H and O–H groups in total. The number of likely N-dealkylation sites (N-methyl/N-ethyl adjacent to an activating group) is 1. The lowest BCUT2D eigenvalue weighted by Gasteiger charge is -2.12. The highest BCUT2D eigenvalue weighted by molar-refractivity contribution is 9.10. The first kappa shape index (κ1) is 30.2. The minimum Gasteiger partial charge on any atom is -0.493 e. The van der Waals surface area contributed by atoms with E-state index in [1.54, 1.807) is 32.2 Å². The van der Waals surface area contributed by atoms with E-state index < -0.39 is 10.0 Å². The van der Waals surface area contributed by atoms with E-state index >= 15 is 0 Å². The van der Waals surface area contributed by atoms with Gasteiger partial charge in [0.2, 0.25) is 0 Å². The molecule has 0 radical (unpaired) electrons. The molecule has 0 spiro atoms. The molecule has 38 heavy (non-hydrogen) atoms. The van der Waals surface area contributed by atoms with E-state index in [0.29, 0.717) is 29.6 Å². The normalized spacial score (nSPS) is 16.0. The molecule has 0 aliphatic carbocycles. The van der Waals surface area contributed by atoms with E-state index in [2.05, 4.69) is 27.3 Å². The van der Waals surface area contributed by atoms with Gasteiger partial charge in [-0.3, -0.25) is 9.69 Å². The number of thioether (sulfide) groups is 1. The molecule has 1 fully saturated rings. The average Bonchev–Trinajstić information content (AvgIpc) is 3.18. The summed E-state index contributed by atoms with van der Waals surface area (Å²) < 4.78 is 41.9. The summed E-state index contributed by atoms with van der Waals surface area (Å²) in [4.78, 5) is 14.8. The number of nitrogens with zero attached hydrogens (tertiary/aromatic N) is 2. The predicted octanol–water partition coefficient (Wildman–Crippen LogP) is 7.27. The van der Waals surface area contributed by atoms with Crippen molar-refractivity contribution in [3.8, 4) is 11.5 Å². The van der Waals surface area contributed by atoms with Gasteiger partial charge in [-0.1, -0.05) is 67.4 Å². The highest BCUT2D eigenvalue weighted by Crippen LogP contribution is 2.35. The first-order valence-electron chi connectivity index (χ1n) is 12.9. The summed E-state index contributed by atoms with van der Waals surface area (Å²) in [5, 5.41) is 0.133. The molecule has 10 heteroatoms. The number of hydrogen-bond acceptors (Lipinski definition) is 6. The fourth-order valence-electron chi connectivity index (χ4n) is 3.90. The quantitative estimate of drug-likeness (QED) is 0.163. The van der Waals surface area contributed by atoms with Gasteiger partial charge in [-0.15, -0.1) is 4.40 Å². The molecule has 1 saturated heterocycles. The zero-order valence-corrected chi connectivity index (χ0v) is 25.3. The Morgan fingerprint density at radius 3 is 2.32 bits per heavy atom. The molecular weight excluding hydrogens is 588 g/mol. The van der Waals surface area contributed by atoms with E-state index in [1.807, 2.05) is 18.2 Å². The molecule has 3 rings (SSSR count). The zero-order valence-electron chi connectivity index (χ0n) is 22.1. The van der Waals surface area contributed by atoms with Crippen LogP contribution in [0.3, 0.4) is 0 Å². The lowest BCUT2D eigenvalue weighted by molar-refractivity contribution is -0.122. The van der Waals surface area contributed by atoms with Crippen molar-refractivity contribution >= 4 is 54.9 Å². The van der Waals surface area contributed by atoms with Crippen molar-refractivity contribution in [3.05, 3.63) is 57.4 Å². The predicted molar refractivity (Wildman–Crippen MR) is 158 cm³/mol. The van der Waals surface area contributed by atoms with Crippen molar-refractivity contribution in [1.29, 1.82) is 0 Å². The van der Waals surface area contributed by atoms with Crippen LogP contribution in [0.1, 0.15) is 64.4 Å². The molecule has 0 atom stereocenters. The molecule has 0 saturated carbocycles. The van der Waals surface area contributed by atoms with Crippen LogP contribution >= 0.6 is 27.7 Å². The number of hydrogen-bond donors (Lipinski definition) is 0. The molecule has 2 aromatic rings. The summed E-state index contributed by atoms with van der Waals surface area (Å²) in [7, 11) is -2.39. The van der Waals surface area contributed by atoms with E-state index in [1.165, 1.54) is 49.1 Å². The van der Waals surface area contributed by atoms with Crippen molar-refractivity contribution in [2.75, 3.05) is 20.3 Å². The molecule has 0 unspecified atom stereocenters. The van der Waals surface area contributed by atoms with Gasteiger partial charge in [0, 0.05) is 11.0 Å². The van der Waals surface area contributed by atoms with E-state index in [0.717, 1.165) is 34.6 Å². The van der Waals surface area contributed by atoms with E-state index in [-0.39, 0.29) is 16.0 Å². The van der Waals surface area contributed by atoms with Crippen LogP contribution < -0.4 is 9.47 Å². The third-order valence-corrected chi connectivity index (χ3v) is 8.94. The molecule has 1 amide bonds. The van der Waals surface area contributed by atoms with E-state index in [9.17, 15) is 13.2 Å². The molecule has 1 aliphatic heterocycles. The molecule has 1 aliphatic rings. The maximum Gasteiger partial charge on any atom is 0.284 e. The number of halogens is 1. The second-order valence-corrected chi connectivity index (χ2v) is 12.4. The zero-order chi connectivity index (χ0) is 27.5. The molecular formula is C28H35BrN2O5S2. The van der Waals surface area contributed by atoms with E-state index in [4.69, 9.17) is 9.47 Å². The second-order valence-electron chi connectivity index (χ2n) is 8.84. The van der Waals surface area contributed by atoms with Gasteiger partial charge in [0.15, 0.2) is 16.7 Å². The van der Waals surface area contributed by atoms with Crippen LogP contribution in [-0.2, 0) is 14.8 Å². The van der Waals surface area contributed by atoms with Crippen molar-refractivity contribution in [3.63, 3.8) is 0 Å². The van der Waals surface area contributed by atoms with Crippen LogP contribution in [0.15, 0.2) is 61.1 Å². The summed E-state index contributed by atoms with van der Waals surface area (Å²) >= 11 is 4.34. The van der Waals surface area contributed by atoms with Gasteiger partial charge in [-0.25, -0.2) is 0 Å². The van der Waals surface area contributed by atoms with Gasteiger partial charge in [0.05, 0.1) is 23.5 Å². The highest BCUT2D eigenvalue weighted by Gasteiger charge is 2.34. The van der Waals surface area contributed by atoms with Crippen LogP contribution in [0.2, 0.25) is 0 Å². The Morgan fingerprint density at radius 1 is 0.974 bits per heavy atom. The highest BCUT2D eigenvalue weighted by atomic mass is 79.9. The molecule has 1 heterocycles. The summed E-state index contributed by atoms with van der Waals surface area (Å²) in [5.74, 6) is 0.946. The van der Waals surface area contributed by atoms with Crippen molar-refractivity contribution in [1.82, 2.24) is 4.90 Å². The van der Waals surface area contributed by atoms with Crippen molar-refractivity contribution < 1.29 is 22.7 Å². The average molecular weight is 624 g/mol. The van der Waals surface area contributed by atoms with Crippen LogP contribution in [0, 0.1) is 0 Å². The third-order valence-electron chi connectivity index (χ3n) is 6.00. The fourth-order valence-corrected chi connectivity index (χ4v) is 6.41. The first-order valence-corrected chi connectivity index (χ1v) is 16.0. The van der Waals surface area contributed by atoms with Gasteiger partial charge in [0.1, 0.15) is 0 Å². The van der Waals surface area contributed by atoms with Crippen molar-refractivity contribution in [2.45, 2.75) is 63.7 Å². The Morgan fingerprint density at radius 2 is 1.66 bits per heavy atom. The summed E-state index contributed by atoms with van der Waals surface area (Å²) in [6.07, 6.45) is 10.2. The van der Waals surface area contributed by atoms with Crippen LogP contribution in [0.4, 0.5) is 0 Å². The number of methoxy groups -OCH3 is 1. The SMILES string of the molecule is CCCCCCCCCOc1ccc(/C=C2\S/C(=N/S(=O)(=O)c3ccc(Br)cc3)N(CC)C2=O)cc1OC. The Labute approximate surface area is 238 Å². The van der Waals surface area contributed by atoms with Gasteiger partial charge in [-0.05, 0) is 73.1 Å². The van der Waals surface area contributed by atoms with Crippen LogP contribution in [0.25, 0.3) is 6.08 Å². The minimum atomic E-state index is -3.97. The fraction of sp³-hybridized carbons (Fsp3) is 0.429. The maximum absolute atomic E-state index is 13.0. The summed E-state index contributed by atoms with van der Waals surface area (Å²) in [6.45, 7) is 4.92. The molecule has 206 valence electrons. The number of amides is 1. The smallest absolute Gasteiger partial charge is 0.284 e. The first-order chi connectivity index (χ1) is 18.3. The number of unbranched alkanes of at least 4 members (excludes halogenated alkanes) is 6. The Balaban J connectivity index is 1.69. The molecule has 0 aromatic heterocycles.